The smallest absolute Gasteiger partial charge is 0.151 e. The summed E-state index contributed by atoms with van der Waals surface area (Å²) in [4.78, 5) is 6.36. The van der Waals surface area contributed by atoms with Crippen LogP contribution >= 0.6 is 0 Å². The Labute approximate surface area is 104 Å². The molecule has 4 heteroatoms. The molecule has 1 heterocycles. The molecular weight excluding hydrogens is 214 g/mol. The van der Waals surface area contributed by atoms with Gasteiger partial charge in [-0.05, 0) is 32.9 Å². The van der Waals surface area contributed by atoms with Crippen molar-refractivity contribution in [1.29, 1.82) is 0 Å². The minimum Gasteiger partial charge on any atom is -0.377 e. The van der Waals surface area contributed by atoms with Gasteiger partial charge in [0.1, 0.15) is 0 Å². The van der Waals surface area contributed by atoms with Gasteiger partial charge >= 0.3 is 0 Å². The lowest BCUT2D eigenvalue weighted by molar-refractivity contribution is 0.0107. The summed E-state index contributed by atoms with van der Waals surface area (Å²) < 4.78 is 5.48. The molecule has 0 aliphatic heterocycles. The minimum absolute atomic E-state index is 0.190. The van der Waals surface area contributed by atoms with Crippen LogP contribution in [0.4, 0.5) is 11.5 Å². The van der Waals surface area contributed by atoms with E-state index >= 15 is 0 Å². The van der Waals surface area contributed by atoms with E-state index in [1.54, 1.807) is 13.3 Å². The Morgan fingerprint density at radius 2 is 2.06 bits per heavy atom. The van der Waals surface area contributed by atoms with Crippen molar-refractivity contribution in [3.8, 4) is 0 Å². The van der Waals surface area contributed by atoms with Gasteiger partial charge in [-0.15, -0.1) is 0 Å². The van der Waals surface area contributed by atoms with Gasteiger partial charge in [-0.3, -0.25) is 0 Å². The van der Waals surface area contributed by atoms with Crippen LogP contribution < -0.4 is 10.2 Å². The van der Waals surface area contributed by atoms with Gasteiger partial charge < -0.3 is 15.0 Å². The summed E-state index contributed by atoms with van der Waals surface area (Å²) in [6.07, 6.45) is 1.80. The highest BCUT2D eigenvalue weighted by Gasteiger charge is 2.25. The van der Waals surface area contributed by atoms with Gasteiger partial charge in [0.05, 0.1) is 17.3 Å². The molecule has 1 unspecified atom stereocenters. The number of hydrogen-bond donors (Lipinski definition) is 1. The van der Waals surface area contributed by atoms with E-state index in [9.17, 15) is 0 Å². The molecule has 0 fully saturated rings. The molecule has 0 aliphatic rings. The third kappa shape index (κ3) is 3.33. The van der Waals surface area contributed by atoms with Gasteiger partial charge in [-0.2, -0.15) is 0 Å². The first kappa shape index (κ1) is 13.8. The number of methoxy groups -OCH3 is 1. The number of ether oxygens (including phenoxy) is 1. The molecule has 1 rings (SSSR count). The summed E-state index contributed by atoms with van der Waals surface area (Å²) in [5, 5.41) is 3.45. The maximum absolute atomic E-state index is 5.48. The normalized spacial score (nSPS) is 13.3. The second kappa shape index (κ2) is 5.36. The van der Waals surface area contributed by atoms with Gasteiger partial charge in [0.15, 0.2) is 5.82 Å². The van der Waals surface area contributed by atoms with Crippen molar-refractivity contribution in [3.05, 3.63) is 18.3 Å². The highest BCUT2D eigenvalue weighted by atomic mass is 16.5. The Morgan fingerprint density at radius 3 is 2.59 bits per heavy atom. The fourth-order valence-corrected chi connectivity index (χ4v) is 1.45. The van der Waals surface area contributed by atoms with Crippen LogP contribution in [0.5, 0.6) is 0 Å². The second-order valence-electron chi connectivity index (χ2n) is 4.94. The second-order valence-corrected chi connectivity index (χ2v) is 4.94. The van der Waals surface area contributed by atoms with E-state index in [0.717, 1.165) is 11.5 Å². The SMILES string of the molecule is COC(C)(C)C(C)Nc1cccnc1N(C)C. The summed E-state index contributed by atoms with van der Waals surface area (Å²) in [6, 6.07) is 4.15. The first-order valence-corrected chi connectivity index (χ1v) is 5.82. The lowest BCUT2D eigenvalue weighted by Crippen LogP contribution is -2.41. The maximum Gasteiger partial charge on any atom is 0.151 e. The zero-order valence-corrected chi connectivity index (χ0v) is 11.6. The molecule has 1 aromatic heterocycles. The van der Waals surface area contributed by atoms with E-state index < -0.39 is 0 Å². The van der Waals surface area contributed by atoms with Crippen molar-refractivity contribution in [3.63, 3.8) is 0 Å². The third-order valence-electron chi connectivity index (χ3n) is 3.15. The monoisotopic (exact) mass is 237 g/mol. The lowest BCUT2D eigenvalue weighted by Gasteiger charge is -2.32. The van der Waals surface area contributed by atoms with E-state index in [4.69, 9.17) is 4.74 Å². The van der Waals surface area contributed by atoms with Gasteiger partial charge in [-0.1, -0.05) is 0 Å². The number of pyridine rings is 1. The fraction of sp³-hybridized carbons (Fsp3) is 0.615. The Balaban J connectivity index is 2.88. The molecule has 0 amide bonds. The molecule has 1 atom stereocenters. The van der Waals surface area contributed by atoms with Crippen LogP contribution in [0.2, 0.25) is 0 Å². The Morgan fingerprint density at radius 1 is 1.41 bits per heavy atom. The van der Waals surface area contributed by atoms with Gasteiger partial charge in [0.25, 0.3) is 0 Å². The number of hydrogen-bond acceptors (Lipinski definition) is 4. The molecule has 0 saturated heterocycles. The molecule has 96 valence electrons. The van der Waals surface area contributed by atoms with Crippen LogP contribution in [0.1, 0.15) is 20.8 Å². The number of anilines is 2. The summed E-state index contributed by atoms with van der Waals surface area (Å²) in [6.45, 7) is 6.24. The van der Waals surface area contributed by atoms with Crippen LogP contribution in [0.25, 0.3) is 0 Å². The molecule has 17 heavy (non-hydrogen) atoms. The molecule has 0 aliphatic carbocycles. The topological polar surface area (TPSA) is 37.4 Å². The summed E-state index contributed by atoms with van der Waals surface area (Å²) in [5.74, 6) is 0.936. The Bertz CT molecular complexity index is 363. The third-order valence-corrected chi connectivity index (χ3v) is 3.15. The van der Waals surface area contributed by atoms with Crippen LogP contribution in [0.15, 0.2) is 18.3 Å². The number of nitrogens with zero attached hydrogens (tertiary/aromatic N) is 2. The van der Waals surface area contributed by atoms with Gasteiger partial charge in [0.2, 0.25) is 0 Å². The van der Waals surface area contributed by atoms with Crippen LogP contribution in [-0.4, -0.2) is 37.8 Å². The summed E-state index contributed by atoms with van der Waals surface area (Å²) in [5.41, 5.74) is 0.800. The molecule has 0 spiro atoms. The molecule has 0 aromatic carbocycles. The molecule has 0 radical (unpaired) electrons. The molecule has 0 saturated carbocycles. The van der Waals surface area contributed by atoms with Gasteiger partial charge in [0, 0.05) is 27.4 Å². The average Bonchev–Trinajstić information content (AvgIpc) is 2.29. The highest BCUT2D eigenvalue weighted by Crippen LogP contribution is 2.24. The largest absolute Gasteiger partial charge is 0.377 e. The van der Waals surface area contributed by atoms with Gasteiger partial charge in [-0.25, -0.2) is 4.98 Å². The first-order valence-electron chi connectivity index (χ1n) is 5.82. The quantitative estimate of drug-likeness (QED) is 0.853. The van der Waals surface area contributed by atoms with E-state index in [1.165, 1.54) is 0 Å². The molecular formula is C13H23N3O. The Kier molecular flexibility index (Phi) is 4.34. The number of nitrogens with one attached hydrogen (secondary N) is 1. The molecule has 4 nitrogen and oxygen atoms in total. The van der Waals surface area contributed by atoms with E-state index in [-0.39, 0.29) is 11.6 Å². The maximum atomic E-state index is 5.48. The number of aromatic nitrogens is 1. The van der Waals surface area contributed by atoms with Crippen molar-refractivity contribution in [1.82, 2.24) is 4.98 Å². The highest BCUT2D eigenvalue weighted by molar-refractivity contribution is 5.65. The van der Waals surface area contributed by atoms with E-state index in [2.05, 4.69) is 31.1 Å². The van der Waals surface area contributed by atoms with Crippen molar-refractivity contribution in [2.45, 2.75) is 32.4 Å². The van der Waals surface area contributed by atoms with E-state index in [0.29, 0.717) is 0 Å². The predicted molar refractivity (Wildman–Crippen MR) is 72.7 cm³/mol. The van der Waals surface area contributed by atoms with Crippen LogP contribution in [0, 0.1) is 0 Å². The predicted octanol–water partition coefficient (Wildman–Crippen LogP) is 2.37. The standard InChI is InChI=1S/C13H23N3O/c1-10(13(2,3)17-6)15-11-8-7-9-14-12(11)16(4)5/h7-10,15H,1-6H3. The minimum atomic E-state index is -0.223. The number of rotatable bonds is 5. The van der Waals surface area contributed by atoms with Crippen LogP contribution in [-0.2, 0) is 4.74 Å². The zero-order valence-electron chi connectivity index (χ0n) is 11.6. The molecule has 1 aromatic rings. The van der Waals surface area contributed by atoms with Crippen LogP contribution in [0.3, 0.4) is 0 Å². The first-order chi connectivity index (χ1) is 7.88. The summed E-state index contributed by atoms with van der Waals surface area (Å²) >= 11 is 0. The van der Waals surface area contributed by atoms with Crippen molar-refractivity contribution in [2.75, 3.05) is 31.4 Å². The van der Waals surface area contributed by atoms with Crippen molar-refractivity contribution < 1.29 is 4.74 Å². The fourth-order valence-electron chi connectivity index (χ4n) is 1.45. The Hall–Kier alpha value is -1.29. The summed E-state index contributed by atoms with van der Waals surface area (Å²) in [7, 11) is 5.70. The lowest BCUT2D eigenvalue weighted by atomic mass is 10.00. The van der Waals surface area contributed by atoms with Crippen molar-refractivity contribution in [2.24, 2.45) is 0 Å². The average molecular weight is 237 g/mol. The van der Waals surface area contributed by atoms with E-state index in [1.807, 2.05) is 31.1 Å². The van der Waals surface area contributed by atoms with Crippen molar-refractivity contribution >= 4 is 11.5 Å². The molecule has 0 bridgehead atoms. The zero-order chi connectivity index (χ0) is 13.1. The molecule has 1 N–H and O–H groups in total.